The monoisotopic (exact) mass is 398 g/mol. The molecule has 27 heavy (non-hydrogen) atoms. The number of carbonyl (C=O) groups excluding carboxylic acids is 1. The van der Waals surface area contributed by atoms with Crippen LogP contribution in [0, 0.1) is 53.3 Å². The molecule has 0 heterocycles. The highest BCUT2D eigenvalue weighted by Gasteiger charge is 2.47. The second kappa shape index (κ2) is 9.09. The van der Waals surface area contributed by atoms with E-state index < -0.39 is 19.0 Å². The van der Waals surface area contributed by atoms with E-state index in [9.17, 15) is 19.1 Å². The van der Waals surface area contributed by atoms with E-state index in [4.69, 9.17) is 0 Å². The van der Waals surface area contributed by atoms with Crippen LogP contribution < -0.4 is 9.79 Å². The smallest absolute Gasteiger partial charge is 0.166 e. The Hall–Kier alpha value is -0.180. The van der Waals surface area contributed by atoms with Gasteiger partial charge in [-0.2, -0.15) is 0 Å². The SMILES string of the molecule is CC1CCC(C(C)C)C(C(C(=O)P(=O)([O-])[O-])C2CC(C)CCC2C(C)C)C1. The quantitative estimate of drug-likeness (QED) is 0.619. The van der Waals surface area contributed by atoms with Crippen molar-refractivity contribution in [1.82, 2.24) is 0 Å². The van der Waals surface area contributed by atoms with Gasteiger partial charge in [-0.05, 0) is 73.0 Å². The van der Waals surface area contributed by atoms with Gasteiger partial charge >= 0.3 is 0 Å². The van der Waals surface area contributed by atoms with Gasteiger partial charge in [0.15, 0.2) is 5.52 Å². The molecule has 0 saturated heterocycles. The summed E-state index contributed by atoms with van der Waals surface area (Å²) < 4.78 is 11.9. The molecule has 0 aromatic carbocycles. The average molecular weight is 399 g/mol. The summed E-state index contributed by atoms with van der Waals surface area (Å²) in [4.78, 5) is 36.8. The van der Waals surface area contributed by atoms with Crippen LogP contribution in [0.25, 0.3) is 0 Å². The summed E-state index contributed by atoms with van der Waals surface area (Å²) in [6, 6.07) is 0. The van der Waals surface area contributed by atoms with Crippen molar-refractivity contribution in [2.24, 2.45) is 53.3 Å². The Bertz CT molecular complexity index is 521. The first-order valence-electron chi connectivity index (χ1n) is 11.0. The maximum atomic E-state index is 13.0. The van der Waals surface area contributed by atoms with Gasteiger partial charge < -0.3 is 14.4 Å². The summed E-state index contributed by atoms with van der Waals surface area (Å²) >= 11 is 0. The molecule has 2 rings (SSSR count). The molecule has 2 fully saturated rings. The zero-order chi connectivity index (χ0) is 20.5. The van der Waals surface area contributed by atoms with Gasteiger partial charge in [-0.15, -0.1) is 0 Å². The van der Waals surface area contributed by atoms with E-state index in [0.29, 0.717) is 35.5 Å². The topological polar surface area (TPSA) is 80.3 Å². The van der Waals surface area contributed by atoms with Crippen molar-refractivity contribution < 1.29 is 19.1 Å². The maximum Gasteiger partial charge on any atom is 0.166 e. The molecular weight excluding hydrogens is 359 g/mol. The van der Waals surface area contributed by atoms with Crippen LogP contribution in [0.2, 0.25) is 0 Å². The Morgan fingerprint density at radius 3 is 1.44 bits per heavy atom. The zero-order valence-corrected chi connectivity index (χ0v) is 18.9. The van der Waals surface area contributed by atoms with E-state index in [0.717, 1.165) is 38.5 Å². The Labute approximate surface area is 166 Å². The first-order valence-corrected chi connectivity index (χ1v) is 12.5. The average Bonchev–Trinajstić information content (AvgIpc) is 2.53. The lowest BCUT2D eigenvalue weighted by molar-refractivity contribution is -0.311. The first kappa shape index (κ1) is 23.1. The third-order valence-electron chi connectivity index (χ3n) is 7.62. The minimum absolute atomic E-state index is 0.0222. The van der Waals surface area contributed by atoms with Gasteiger partial charge in [-0.25, -0.2) is 0 Å². The standard InChI is InChI=1S/C22H41O4P/c1-13(2)17-9-7-15(5)11-19(17)21(22(23)27(24,25)26)20-12-16(6)8-10-18(20)14(3)4/h13-21H,7-12H2,1-6H3,(H2,24,25,26)/p-2. The molecule has 2 saturated carbocycles. The van der Waals surface area contributed by atoms with E-state index in [1.807, 2.05) is 0 Å². The second-order valence-corrected chi connectivity index (χ2v) is 11.8. The number of hydrogen-bond donors (Lipinski definition) is 0. The highest BCUT2D eigenvalue weighted by molar-refractivity contribution is 7.67. The third kappa shape index (κ3) is 5.46. The molecule has 6 unspecified atom stereocenters. The molecule has 6 atom stereocenters. The van der Waals surface area contributed by atoms with E-state index in [1.54, 1.807) is 0 Å². The lowest BCUT2D eigenvalue weighted by atomic mass is 9.57. The molecule has 4 nitrogen and oxygen atoms in total. The van der Waals surface area contributed by atoms with Gasteiger partial charge in [-0.1, -0.05) is 54.4 Å². The Balaban J connectivity index is 2.49. The molecule has 0 bridgehead atoms. The van der Waals surface area contributed by atoms with Crippen molar-refractivity contribution in [3.8, 4) is 0 Å². The lowest BCUT2D eigenvalue weighted by Crippen LogP contribution is -2.46. The molecule has 0 aromatic heterocycles. The summed E-state index contributed by atoms with van der Waals surface area (Å²) in [5.41, 5.74) is -0.989. The van der Waals surface area contributed by atoms with Crippen LogP contribution in [0.15, 0.2) is 0 Å². The summed E-state index contributed by atoms with van der Waals surface area (Å²) in [7, 11) is -5.24. The van der Waals surface area contributed by atoms with E-state index in [-0.39, 0.29) is 11.8 Å². The summed E-state index contributed by atoms with van der Waals surface area (Å²) in [6.07, 6.45) is 6.06. The van der Waals surface area contributed by atoms with Crippen LogP contribution in [0.4, 0.5) is 0 Å². The van der Waals surface area contributed by atoms with Crippen LogP contribution >= 0.6 is 7.60 Å². The molecule has 158 valence electrons. The zero-order valence-electron chi connectivity index (χ0n) is 18.0. The lowest BCUT2D eigenvalue weighted by Gasteiger charge is -2.50. The second-order valence-electron chi connectivity index (χ2n) is 10.3. The normalized spacial score (nSPS) is 36.8. The van der Waals surface area contributed by atoms with Crippen molar-refractivity contribution in [1.29, 1.82) is 0 Å². The Morgan fingerprint density at radius 2 is 1.15 bits per heavy atom. The molecule has 0 spiro atoms. The predicted octanol–water partition coefficient (Wildman–Crippen LogP) is 4.46. The largest absolute Gasteiger partial charge is 0.805 e. The summed E-state index contributed by atoms with van der Waals surface area (Å²) in [5.74, 6) is 1.84. The highest BCUT2D eigenvalue weighted by atomic mass is 31.2. The Morgan fingerprint density at radius 1 is 0.778 bits per heavy atom. The minimum Gasteiger partial charge on any atom is -0.805 e. The molecule has 5 heteroatoms. The van der Waals surface area contributed by atoms with Gasteiger partial charge in [0.1, 0.15) is 0 Å². The fourth-order valence-corrected chi connectivity index (χ4v) is 6.99. The molecule has 0 radical (unpaired) electrons. The molecule has 0 aromatic rings. The van der Waals surface area contributed by atoms with Crippen molar-refractivity contribution in [3.63, 3.8) is 0 Å². The molecule has 2 aliphatic carbocycles. The number of rotatable bonds is 6. The Kier molecular flexibility index (Phi) is 7.78. The molecule has 0 aliphatic heterocycles. The van der Waals surface area contributed by atoms with Gasteiger partial charge in [-0.3, -0.25) is 4.79 Å². The van der Waals surface area contributed by atoms with Crippen LogP contribution in [-0.2, 0) is 9.36 Å². The fourth-order valence-electron chi connectivity index (χ4n) is 6.24. The van der Waals surface area contributed by atoms with Gasteiger partial charge in [0.2, 0.25) is 0 Å². The predicted molar refractivity (Wildman–Crippen MR) is 106 cm³/mol. The van der Waals surface area contributed by atoms with E-state index in [2.05, 4.69) is 41.5 Å². The van der Waals surface area contributed by atoms with Crippen LogP contribution in [0.3, 0.4) is 0 Å². The van der Waals surface area contributed by atoms with Crippen LogP contribution in [0.5, 0.6) is 0 Å². The first-order chi connectivity index (χ1) is 12.4. The molecular formula is C22H39O4P-2. The van der Waals surface area contributed by atoms with Crippen LogP contribution in [-0.4, -0.2) is 5.52 Å². The van der Waals surface area contributed by atoms with Crippen molar-refractivity contribution in [2.45, 2.75) is 80.1 Å². The van der Waals surface area contributed by atoms with E-state index in [1.165, 1.54) is 0 Å². The number of carbonyl (C=O) groups is 1. The molecule has 2 aliphatic rings. The van der Waals surface area contributed by atoms with Crippen molar-refractivity contribution in [2.75, 3.05) is 0 Å². The van der Waals surface area contributed by atoms with Crippen LogP contribution in [0.1, 0.15) is 80.1 Å². The molecule has 0 N–H and O–H groups in total. The van der Waals surface area contributed by atoms with Gasteiger partial charge in [0, 0.05) is 13.5 Å². The number of hydrogen-bond acceptors (Lipinski definition) is 4. The summed E-state index contributed by atoms with van der Waals surface area (Å²) in [5, 5.41) is 0. The molecule has 0 amide bonds. The van der Waals surface area contributed by atoms with Gasteiger partial charge in [0.05, 0.1) is 0 Å². The van der Waals surface area contributed by atoms with Crippen molar-refractivity contribution >= 4 is 13.1 Å². The fraction of sp³-hybridized carbons (Fsp3) is 0.955. The van der Waals surface area contributed by atoms with E-state index >= 15 is 0 Å². The minimum atomic E-state index is -5.24. The third-order valence-corrected chi connectivity index (χ3v) is 8.46. The maximum absolute atomic E-state index is 13.0. The summed E-state index contributed by atoms with van der Waals surface area (Å²) in [6.45, 7) is 13.1. The van der Waals surface area contributed by atoms with Gasteiger partial charge in [0.25, 0.3) is 0 Å². The highest BCUT2D eigenvalue weighted by Crippen LogP contribution is 2.53. The van der Waals surface area contributed by atoms with Crippen molar-refractivity contribution in [3.05, 3.63) is 0 Å².